The van der Waals surface area contributed by atoms with E-state index in [9.17, 15) is 14.7 Å². The van der Waals surface area contributed by atoms with Gasteiger partial charge >= 0.3 is 0 Å². The Hall–Kier alpha value is -1.10. The smallest absolute Gasteiger partial charge is 0.224 e. The number of rotatable bonds is 4. The van der Waals surface area contributed by atoms with Crippen LogP contribution in [0.2, 0.25) is 0 Å². The van der Waals surface area contributed by atoms with Crippen LogP contribution in [0.1, 0.15) is 26.7 Å². The predicted octanol–water partition coefficient (Wildman–Crippen LogP) is -0.258. The Labute approximate surface area is 95.8 Å². The third-order valence-corrected chi connectivity index (χ3v) is 3.10. The number of nitrogens with zero attached hydrogens (tertiary/aromatic N) is 1. The zero-order valence-corrected chi connectivity index (χ0v) is 9.90. The zero-order valence-electron chi connectivity index (χ0n) is 9.90. The summed E-state index contributed by atoms with van der Waals surface area (Å²) in [5.74, 6) is 0.244. The van der Waals surface area contributed by atoms with Crippen LogP contribution in [0.3, 0.4) is 0 Å². The molecule has 0 aromatic carbocycles. The van der Waals surface area contributed by atoms with Crippen LogP contribution in [-0.4, -0.2) is 47.6 Å². The van der Waals surface area contributed by atoms with E-state index in [1.165, 1.54) is 6.92 Å². The molecule has 1 heterocycles. The molecule has 1 aliphatic rings. The molecule has 0 aromatic heterocycles. The molecule has 2 N–H and O–H groups in total. The van der Waals surface area contributed by atoms with Gasteiger partial charge in [-0.2, -0.15) is 0 Å². The Kier molecular flexibility index (Phi) is 4.73. The second-order valence-corrected chi connectivity index (χ2v) is 4.34. The highest BCUT2D eigenvalue weighted by atomic mass is 16.3. The SMILES string of the molecule is CC(=O)NCCC(=O)N1CCC(C)C1CO. The molecular weight excluding hydrogens is 208 g/mol. The van der Waals surface area contributed by atoms with E-state index in [4.69, 9.17) is 0 Å². The van der Waals surface area contributed by atoms with Crippen LogP contribution >= 0.6 is 0 Å². The van der Waals surface area contributed by atoms with Gasteiger partial charge in [0.1, 0.15) is 0 Å². The van der Waals surface area contributed by atoms with Crippen LogP contribution in [-0.2, 0) is 9.59 Å². The Balaban J connectivity index is 2.38. The number of carbonyl (C=O) groups excluding carboxylic acids is 2. The number of carbonyl (C=O) groups is 2. The van der Waals surface area contributed by atoms with Gasteiger partial charge in [0.25, 0.3) is 0 Å². The van der Waals surface area contributed by atoms with Gasteiger partial charge in [-0.15, -0.1) is 0 Å². The molecule has 0 spiro atoms. The summed E-state index contributed by atoms with van der Waals surface area (Å²) in [6.07, 6.45) is 1.25. The molecule has 2 unspecified atom stereocenters. The molecule has 1 saturated heterocycles. The third kappa shape index (κ3) is 3.20. The lowest BCUT2D eigenvalue weighted by Gasteiger charge is -2.25. The number of hydrogen-bond acceptors (Lipinski definition) is 3. The second-order valence-electron chi connectivity index (χ2n) is 4.34. The summed E-state index contributed by atoms with van der Waals surface area (Å²) in [4.78, 5) is 24.2. The largest absolute Gasteiger partial charge is 0.394 e. The summed E-state index contributed by atoms with van der Waals surface area (Å²) in [7, 11) is 0. The Morgan fingerprint density at radius 3 is 2.75 bits per heavy atom. The summed E-state index contributed by atoms with van der Waals surface area (Å²) in [6, 6.07) is -0.0511. The van der Waals surface area contributed by atoms with Crippen molar-refractivity contribution in [1.82, 2.24) is 10.2 Å². The lowest BCUT2D eigenvalue weighted by molar-refractivity contribution is -0.133. The number of amides is 2. The number of likely N-dealkylation sites (tertiary alicyclic amines) is 1. The summed E-state index contributed by atoms with van der Waals surface area (Å²) < 4.78 is 0. The molecule has 0 radical (unpaired) electrons. The van der Waals surface area contributed by atoms with Gasteiger partial charge in [-0.05, 0) is 12.3 Å². The van der Waals surface area contributed by atoms with E-state index in [0.717, 1.165) is 6.42 Å². The summed E-state index contributed by atoms with van der Waals surface area (Å²) in [6.45, 7) is 4.58. The molecule has 16 heavy (non-hydrogen) atoms. The van der Waals surface area contributed by atoms with Crippen molar-refractivity contribution in [3.8, 4) is 0 Å². The second kappa shape index (κ2) is 5.84. The maximum atomic E-state index is 11.8. The van der Waals surface area contributed by atoms with Crippen molar-refractivity contribution in [3.63, 3.8) is 0 Å². The minimum Gasteiger partial charge on any atom is -0.394 e. The van der Waals surface area contributed by atoms with Gasteiger partial charge in [0.2, 0.25) is 11.8 Å². The van der Waals surface area contributed by atoms with E-state index in [1.807, 2.05) is 6.92 Å². The monoisotopic (exact) mass is 228 g/mol. The molecule has 0 aliphatic carbocycles. The van der Waals surface area contributed by atoms with Crippen LogP contribution in [0.25, 0.3) is 0 Å². The van der Waals surface area contributed by atoms with Gasteiger partial charge in [-0.3, -0.25) is 9.59 Å². The first kappa shape index (κ1) is 13.0. The van der Waals surface area contributed by atoms with Crippen molar-refractivity contribution in [2.45, 2.75) is 32.7 Å². The molecule has 0 saturated carbocycles. The first-order valence-corrected chi connectivity index (χ1v) is 5.71. The quantitative estimate of drug-likeness (QED) is 0.696. The fraction of sp³-hybridized carbons (Fsp3) is 0.818. The minimum absolute atomic E-state index is 0.0113. The van der Waals surface area contributed by atoms with Gasteiger partial charge < -0.3 is 15.3 Å². The van der Waals surface area contributed by atoms with E-state index in [0.29, 0.717) is 25.4 Å². The molecule has 92 valence electrons. The Bertz CT molecular complexity index is 268. The van der Waals surface area contributed by atoms with E-state index >= 15 is 0 Å². The van der Waals surface area contributed by atoms with Gasteiger partial charge in [-0.25, -0.2) is 0 Å². The van der Waals surface area contributed by atoms with Gasteiger partial charge in [-0.1, -0.05) is 6.92 Å². The van der Waals surface area contributed by atoms with Crippen molar-refractivity contribution in [2.75, 3.05) is 19.7 Å². The van der Waals surface area contributed by atoms with Crippen LogP contribution in [0.4, 0.5) is 0 Å². The number of aliphatic hydroxyl groups is 1. The van der Waals surface area contributed by atoms with Gasteiger partial charge in [0, 0.05) is 26.4 Å². The van der Waals surface area contributed by atoms with E-state index in [2.05, 4.69) is 5.32 Å². The van der Waals surface area contributed by atoms with Crippen molar-refractivity contribution in [3.05, 3.63) is 0 Å². The number of nitrogens with one attached hydrogen (secondary N) is 1. The lowest BCUT2D eigenvalue weighted by Crippen LogP contribution is -2.41. The Morgan fingerprint density at radius 1 is 1.50 bits per heavy atom. The molecule has 0 aromatic rings. The predicted molar refractivity (Wildman–Crippen MR) is 59.7 cm³/mol. The molecular formula is C11H20N2O3. The third-order valence-electron chi connectivity index (χ3n) is 3.10. The van der Waals surface area contributed by atoms with Gasteiger partial charge in [0.15, 0.2) is 0 Å². The molecule has 5 heteroatoms. The minimum atomic E-state index is -0.124. The highest BCUT2D eigenvalue weighted by molar-refractivity contribution is 5.78. The number of aliphatic hydroxyl groups excluding tert-OH is 1. The topological polar surface area (TPSA) is 69.6 Å². The number of hydrogen-bond donors (Lipinski definition) is 2. The summed E-state index contributed by atoms with van der Waals surface area (Å²) >= 11 is 0. The maximum absolute atomic E-state index is 11.8. The van der Waals surface area contributed by atoms with Crippen LogP contribution in [0.15, 0.2) is 0 Å². The van der Waals surface area contributed by atoms with Crippen LogP contribution in [0, 0.1) is 5.92 Å². The van der Waals surface area contributed by atoms with Crippen LogP contribution in [0.5, 0.6) is 0 Å². The van der Waals surface area contributed by atoms with Crippen molar-refractivity contribution in [2.24, 2.45) is 5.92 Å². The maximum Gasteiger partial charge on any atom is 0.224 e. The first-order valence-electron chi connectivity index (χ1n) is 5.71. The average molecular weight is 228 g/mol. The molecule has 1 fully saturated rings. The van der Waals surface area contributed by atoms with Crippen molar-refractivity contribution < 1.29 is 14.7 Å². The molecule has 2 atom stereocenters. The zero-order chi connectivity index (χ0) is 12.1. The highest BCUT2D eigenvalue weighted by Crippen LogP contribution is 2.23. The summed E-state index contributed by atoms with van der Waals surface area (Å²) in [5, 5.41) is 11.8. The molecule has 1 aliphatic heterocycles. The Morgan fingerprint density at radius 2 is 2.19 bits per heavy atom. The van der Waals surface area contributed by atoms with Crippen molar-refractivity contribution >= 4 is 11.8 Å². The molecule has 5 nitrogen and oxygen atoms in total. The lowest BCUT2D eigenvalue weighted by atomic mass is 10.0. The van der Waals surface area contributed by atoms with Crippen LogP contribution < -0.4 is 5.32 Å². The molecule has 0 bridgehead atoms. The van der Waals surface area contributed by atoms with Gasteiger partial charge in [0.05, 0.1) is 12.6 Å². The fourth-order valence-electron chi connectivity index (χ4n) is 2.09. The normalized spacial score (nSPS) is 24.6. The van der Waals surface area contributed by atoms with E-state index < -0.39 is 0 Å². The van der Waals surface area contributed by atoms with E-state index in [1.54, 1.807) is 4.90 Å². The fourth-order valence-corrected chi connectivity index (χ4v) is 2.09. The molecule has 2 amide bonds. The standard InChI is InChI=1S/C11H20N2O3/c1-8-4-6-13(10(8)7-14)11(16)3-5-12-9(2)15/h8,10,14H,3-7H2,1-2H3,(H,12,15). The average Bonchev–Trinajstić information content (AvgIpc) is 2.58. The highest BCUT2D eigenvalue weighted by Gasteiger charge is 2.33. The van der Waals surface area contributed by atoms with E-state index in [-0.39, 0.29) is 24.5 Å². The van der Waals surface area contributed by atoms with Crippen molar-refractivity contribution in [1.29, 1.82) is 0 Å². The first-order chi connectivity index (χ1) is 7.56. The summed E-state index contributed by atoms with van der Waals surface area (Å²) in [5.41, 5.74) is 0. The molecule has 1 rings (SSSR count).